The number of furan rings is 1. The van der Waals surface area contributed by atoms with Gasteiger partial charge in [-0.25, -0.2) is 4.79 Å². The highest BCUT2D eigenvalue weighted by molar-refractivity contribution is 6.04. The maximum Gasteiger partial charge on any atom is 0.415 e. The van der Waals surface area contributed by atoms with Crippen LogP contribution >= 0.6 is 0 Å². The van der Waals surface area contributed by atoms with Gasteiger partial charge >= 0.3 is 12.1 Å². The molecule has 1 unspecified atom stereocenters. The predicted octanol–water partition coefficient (Wildman–Crippen LogP) is 2.91. The molecule has 7 heteroatoms. The Morgan fingerprint density at radius 3 is 2.43 bits per heavy atom. The maximum absolute atomic E-state index is 11.6. The van der Waals surface area contributed by atoms with Crippen LogP contribution in [0.4, 0.5) is 4.79 Å². The molecule has 0 aliphatic carbocycles. The molecule has 1 aromatic carbocycles. The Bertz CT molecular complexity index is 692. The molecule has 1 aromatic heterocycles. The highest BCUT2D eigenvalue weighted by Gasteiger charge is 2.14. The average Bonchev–Trinajstić information content (AvgIpc) is 3.00. The summed E-state index contributed by atoms with van der Waals surface area (Å²) in [6, 6.07) is 10.5. The van der Waals surface area contributed by atoms with E-state index in [1.54, 1.807) is 36.6 Å². The van der Waals surface area contributed by atoms with E-state index in [9.17, 15) is 9.59 Å². The molecule has 2 aromatic rings. The van der Waals surface area contributed by atoms with Gasteiger partial charge in [0.25, 0.3) is 0 Å². The minimum absolute atomic E-state index is 0.129. The quantitative estimate of drug-likeness (QED) is 0.391. The van der Waals surface area contributed by atoms with Gasteiger partial charge in [-0.05, 0) is 12.1 Å². The summed E-state index contributed by atoms with van der Waals surface area (Å²) in [5.41, 5.74) is 1.36. The number of alkyl carbamates (subject to hydrolysis) is 1. The van der Waals surface area contributed by atoms with Crippen LogP contribution in [-0.2, 0) is 14.3 Å². The standard InChI is InChI=1S/C16H16N2O5/c1-10(19)22-11(2)23-16(20)18-15(17)13-7-5-12(6-8-13)14-4-3-9-21-14/h3-9,11H,1-2H3,(H2,17,18,20). The second-order valence-corrected chi connectivity index (χ2v) is 4.64. The summed E-state index contributed by atoms with van der Waals surface area (Å²) in [4.78, 5) is 22.3. The van der Waals surface area contributed by atoms with Crippen LogP contribution in [0.5, 0.6) is 0 Å². The van der Waals surface area contributed by atoms with E-state index in [-0.39, 0.29) is 5.84 Å². The predicted molar refractivity (Wildman–Crippen MR) is 81.8 cm³/mol. The van der Waals surface area contributed by atoms with Gasteiger partial charge in [0.05, 0.1) is 6.26 Å². The number of carbonyl (C=O) groups is 2. The maximum atomic E-state index is 11.6. The molecule has 0 radical (unpaired) electrons. The van der Waals surface area contributed by atoms with Crippen LogP contribution in [0.2, 0.25) is 0 Å². The number of amides is 1. The molecule has 0 spiro atoms. The Labute approximate surface area is 132 Å². The van der Waals surface area contributed by atoms with Gasteiger partial charge in [-0.2, -0.15) is 0 Å². The number of amidine groups is 1. The minimum atomic E-state index is -1.03. The van der Waals surface area contributed by atoms with Crippen molar-refractivity contribution in [1.82, 2.24) is 5.32 Å². The van der Waals surface area contributed by atoms with E-state index < -0.39 is 18.4 Å². The van der Waals surface area contributed by atoms with Crippen molar-refractivity contribution in [2.45, 2.75) is 20.1 Å². The van der Waals surface area contributed by atoms with Gasteiger partial charge in [0, 0.05) is 25.0 Å². The van der Waals surface area contributed by atoms with Crippen LogP contribution in [0.25, 0.3) is 11.3 Å². The molecule has 1 amide bonds. The van der Waals surface area contributed by atoms with Gasteiger partial charge in [-0.15, -0.1) is 0 Å². The Morgan fingerprint density at radius 2 is 1.87 bits per heavy atom. The van der Waals surface area contributed by atoms with Gasteiger partial charge in [-0.1, -0.05) is 24.3 Å². The Kier molecular flexibility index (Phi) is 5.14. The van der Waals surface area contributed by atoms with Gasteiger partial charge in [0.1, 0.15) is 11.6 Å². The highest BCUT2D eigenvalue weighted by atomic mass is 16.7. The molecular formula is C16H16N2O5. The topological polar surface area (TPSA) is 102 Å². The van der Waals surface area contributed by atoms with Gasteiger partial charge in [0.2, 0.25) is 6.29 Å². The molecule has 1 atom stereocenters. The fourth-order valence-electron chi connectivity index (χ4n) is 1.86. The first kappa shape index (κ1) is 16.3. The Balaban J connectivity index is 1.93. The summed E-state index contributed by atoms with van der Waals surface area (Å²) in [5, 5.41) is 10.1. The fraction of sp³-hybridized carbons (Fsp3) is 0.188. The zero-order chi connectivity index (χ0) is 16.8. The molecule has 2 N–H and O–H groups in total. The summed E-state index contributed by atoms with van der Waals surface area (Å²) >= 11 is 0. The van der Waals surface area contributed by atoms with E-state index in [1.165, 1.54) is 13.8 Å². The second kappa shape index (κ2) is 7.26. The Hall–Kier alpha value is -3.09. The molecule has 7 nitrogen and oxygen atoms in total. The van der Waals surface area contributed by atoms with E-state index in [0.29, 0.717) is 11.3 Å². The molecule has 0 fully saturated rings. The third-order valence-corrected chi connectivity index (χ3v) is 2.81. The summed E-state index contributed by atoms with van der Waals surface area (Å²) in [7, 11) is 0. The number of benzene rings is 1. The molecular weight excluding hydrogens is 300 g/mol. The minimum Gasteiger partial charge on any atom is -0.464 e. The number of carbonyl (C=O) groups excluding carboxylic acids is 2. The van der Waals surface area contributed by atoms with Crippen LogP contribution in [0.1, 0.15) is 19.4 Å². The van der Waals surface area contributed by atoms with Crippen molar-refractivity contribution in [1.29, 1.82) is 5.41 Å². The first-order valence-electron chi connectivity index (χ1n) is 6.83. The third-order valence-electron chi connectivity index (χ3n) is 2.81. The first-order valence-corrected chi connectivity index (χ1v) is 6.83. The van der Waals surface area contributed by atoms with Crippen LogP contribution < -0.4 is 5.32 Å². The lowest BCUT2D eigenvalue weighted by molar-refractivity contribution is -0.161. The lowest BCUT2D eigenvalue weighted by Crippen LogP contribution is -2.34. The lowest BCUT2D eigenvalue weighted by atomic mass is 10.1. The largest absolute Gasteiger partial charge is 0.464 e. The number of nitrogens with one attached hydrogen (secondary N) is 2. The number of hydrogen-bond acceptors (Lipinski definition) is 6. The summed E-state index contributed by atoms with van der Waals surface area (Å²) in [6.07, 6.45) is -0.326. The van der Waals surface area contributed by atoms with Crippen molar-refractivity contribution < 1.29 is 23.5 Å². The second-order valence-electron chi connectivity index (χ2n) is 4.64. The molecule has 2 rings (SSSR count). The number of hydrogen-bond donors (Lipinski definition) is 2. The summed E-state index contributed by atoms with van der Waals surface area (Å²) < 4.78 is 14.7. The van der Waals surface area contributed by atoms with Crippen molar-refractivity contribution in [3.8, 4) is 11.3 Å². The van der Waals surface area contributed by atoms with E-state index in [0.717, 1.165) is 5.56 Å². The van der Waals surface area contributed by atoms with E-state index >= 15 is 0 Å². The molecule has 120 valence electrons. The van der Waals surface area contributed by atoms with E-state index in [2.05, 4.69) is 10.1 Å². The molecule has 0 saturated carbocycles. The summed E-state index contributed by atoms with van der Waals surface area (Å²) in [6.45, 7) is 2.61. The van der Waals surface area contributed by atoms with Crippen molar-refractivity contribution in [2.24, 2.45) is 0 Å². The zero-order valence-corrected chi connectivity index (χ0v) is 12.7. The van der Waals surface area contributed by atoms with Gasteiger partial charge in [-0.3, -0.25) is 15.5 Å². The molecule has 0 saturated heterocycles. The van der Waals surface area contributed by atoms with Gasteiger partial charge in [0.15, 0.2) is 0 Å². The summed E-state index contributed by atoms with van der Waals surface area (Å²) in [5.74, 6) is 0.0237. The molecule has 0 aliphatic heterocycles. The molecule has 0 bridgehead atoms. The first-order chi connectivity index (χ1) is 11.0. The normalized spacial score (nSPS) is 11.4. The molecule has 23 heavy (non-hydrogen) atoms. The smallest absolute Gasteiger partial charge is 0.415 e. The lowest BCUT2D eigenvalue weighted by Gasteiger charge is -2.13. The number of rotatable bonds is 4. The SMILES string of the molecule is CC(=O)OC(C)OC(=O)NC(=N)c1ccc(-c2ccco2)cc1. The highest BCUT2D eigenvalue weighted by Crippen LogP contribution is 2.19. The zero-order valence-electron chi connectivity index (χ0n) is 12.7. The van der Waals surface area contributed by atoms with Crippen LogP contribution in [0, 0.1) is 5.41 Å². The van der Waals surface area contributed by atoms with E-state index in [4.69, 9.17) is 14.6 Å². The van der Waals surface area contributed by atoms with Crippen LogP contribution in [0.15, 0.2) is 47.1 Å². The van der Waals surface area contributed by atoms with Gasteiger partial charge < -0.3 is 13.9 Å². The average molecular weight is 316 g/mol. The van der Waals surface area contributed by atoms with Crippen LogP contribution in [-0.4, -0.2) is 24.2 Å². The number of esters is 1. The monoisotopic (exact) mass is 316 g/mol. The van der Waals surface area contributed by atoms with Crippen molar-refractivity contribution >= 4 is 17.9 Å². The Morgan fingerprint density at radius 1 is 1.17 bits per heavy atom. The van der Waals surface area contributed by atoms with Crippen molar-refractivity contribution in [2.75, 3.05) is 0 Å². The molecule has 0 aliphatic rings. The third kappa shape index (κ3) is 4.70. The van der Waals surface area contributed by atoms with Crippen LogP contribution in [0.3, 0.4) is 0 Å². The number of ether oxygens (including phenoxy) is 2. The van der Waals surface area contributed by atoms with E-state index in [1.807, 2.05) is 6.07 Å². The fourth-order valence-corrected chi connectivity index (χ4v) is 1.86. The van der Waals surface area contributed by atoms with Crippen molar-refractivity contribution in [3.63, 3.8) is 0 Å². The molecule has 1 heterocycles. The van der Waals surface area contributed by atoms with Crippen molar-refractivity contribution in [3.05, 3.63) is 48.2 Å².